The zero-order valence-corrected chi connectivity index (χ0v) is 13.4. The molecule has 0 aliphatic carbocycles. The van der Waals surface area contributed by atoms with Crippen molar-refractivity contribution in [2.24, 2.45) is 0 Å². The Kier molecular flexibility index (Phi) is 3.70. The van der Waals surface area contributed by atoms with E-state index in [-0.39, 0.29) is 17.6 Å². The third-order valence-corrected chi connectivity index (χ3v) is 3.79. The summed E-state index contributed by atoms with van der Waals surface area (Å²) in [5.74, 6) is 0.335. The van der Waals surface area contributed by atoms with Crippen LogP contribution in [0, 0.1) is 0 Å². The summed E-state index contributed by atoms with van der Waals surface area (Å²) in [7, 11) is 0. The predicted molar refractivity (Wildman–Crippen MR) is 90.2 cm³/mol. The van der Waals surface area contributed by atoms with Crippen LogP contribution in [0.1, 0.15) is 29.3 Å². The molecule has 3 heterocycles. The van der Waals surface area contributed by atoms with Crippen molar-refractivity contribution in [2.75, 3.05) is 0 Å². The van der Waals surface area contributed by atoms with Gasteiger partial charge >= 0.3 is 0 Å². The highest BCUT2D eigenvalue weighted by Crippen LogP contribution is 2.12. The van der Waals surface area contributed by atoms with Gasteiger partial charge in [-0.25, -0.2) is 0 Å². The molecule has 3 aromatic heterocycles. The lowest BCUT2D eigenvalue weighted by Gasteiger charge is -2.10. The fraction of sp³-hybridized carbons (Fsp3) is 0.118. The molecule has 124 valence electrons. The number of carbonyl (C=O) groups is 1. The number of nitrogens with zero attached hydrogens (tertiary/aromatic N) is 6. The van der Waals surface area contributed by atoms with Gasteiger partial charge in [0.1, 0.15) is 0 Å². The van der Waals surface area contributed by atoms with Crippen LogP contribution >= 0.6 is 0 Å². The molecule has 1 unspecified atom stereocenters. The molecule has 0 radical (unpaired) electrons. The van der Waals surface area contributed by atoms with E-state index in [0.29, 0.717) is 5.82 Å². The highest BCUT2D eigenvalue weighted by Gasteiger charge is 2.18. The molecule has 0 aliphatic rings. The summed E-state index contributed by atoms with van der Waals surface area (Å²) < 4.78 is 1.84. The van der Waals surface area contributed by atoms with Crippen molar-refractivity contribution in [3.05, 3.63) is 72.4 Å². The number of hydrogen-bond donors (Lipinski definition) is 1. The van der Waals surface area contributed by atoms with E-state index in [1.807, 2.05) is 66.1 Å². The van der Waals surface area contributed by atoms with E-state index in [4.69, 9.17) is 0 Å². The minimum Gasteiger partial charge on any atom is -0.341 e. The van der Waals surface area contributed by atoms with Crippen LogP contribution in [0.3, 0.4) is 0 Å². The molecular weight excluding hydrogens is 318 g/mol. The second-order valence-electron chi connectivity index (χ2n) is 5.54. The number of carbonyl (C=O) groups excluding carboxylic acids is 1. The Morgan fingerprint density at radius 3 is 2.72 bits per heavy atom. The lowest BCUT2D eigenvalue weighted by atomic mass is 10.3. The maximum atomic E-state index is 12.4. The minimum atomic E-state index is -0.327. The molecule has 1 amide bonds. The van der Waals surface area contributed by atoms with Crippen molar-refractivity contribution in [1.82, 2.24) is 34.9 Å². The number of fused-ring (bicyclic) bond motifs is 1. The third-order valence-electron chi connectivity index (χ3n) is 3.79. The average Bonchev–Trinajstić information content (AvgIpc) is 3.30. The van der Waals surface area contributed by atoms with Gasteiger partial charge in [-0.15, -0.1) is 15.3 Å². The Hall–Kier alpha value is -3.55. The van der Waals surface area contributed by atoms with Gasteiger partial charge in [0.15, 0.2) is 17.2 Å². The SMILES string of the molecule is CC(NC(=O)c1cnn(-c2ccccc2)n1)c1nnc2ccccn12. The first kappa shape index (κ1) is 15.0. The number of hydrogen-bond acceptors (Lipinski definition) is 5. The van der Waals surface area contributed by atoms with Crippen molar-refractivity contribution < 1.29 is 4.79 Å². The Labute approximate surface area is 143 Å². The van der Waals surface area contributed by atoms with Gasteiger partial charge in [-0.2, -0.15) is 9.90 Å². The van der Waals surface area contributed by atoms with Gasteiger partial charge in [-0.05, 0) is 31.2 Å². The highest BCUT2D eigenvalue weighted by molar-refractivity contribution is 5.92. The summed E-state index contributed by atoms with van der Waals surface area (Å²) in [5.41, 5.74) is 1.76. The van der Waals surface area contributed by atoms with E-state index in [0.717, 1.165) is 11.3 Å². The van der Waals surface area contributed by atoms with Gasteiger partial charge in [-0.1, -0.05) is 24.3 Å². The summed E-state index contributed by atoms with van der Waals surface area (Å²) in [6.07, 6.45) is 3.30. The van der Waals surface area contributed by atoms with Crippen molar-refractivity contribution in [2.45, 2.75) is 13.0 Å². The van der Waals surface area contributed by atoms with Gasteiger partial charge in [0.2, 0.25) is 0 Å². The molecular formula is C17H15N7O. The van der Waals surface area contributed by atoms with E-state index in [1.54, 1.807) is 0 Å². The second kappa shape index (κ2) is 6.16. The number of aromatic nitrogens is 6. The second-order valence-corrected chi connectivity index (χ2v) is 5.54. The average molecular weight is 333 g/mol. The van der Waals surface area contributed by atoms with Gasteiger partial charge in [0.25, 0.3) is 5.91 Å². The van der Waals surface area contributed by atoms with Crippen LogP contribution in [0.25, 0.3) is 11.3 Å². The van der Waals surface area contributed by atoms with Crippen molar-refractivity contribution in [3.8, 4) is 5.69 Å². The van der Waals surface area contributed by atoms with Gasteiger partial charge in [0.05, 0.1) is 17.9 Å². The van der Waals surface area contributed by atoms with E-state index >= 15 is 0 Å². The van der Waals surface area contributed by atoms with Crippen molar-refractivity contribution in [1.29, 1.82) is 0 Å². The molecule has 8 heteroatoms. The first-order chi connectivity index (χ1) is 12.2. The lowest BCUT2D eigenvalue weighted by Crippen LogP contribution is -2.28. The number of para-hydroxylation sites is 1. The number of pyridine rings is 1. The van der Waals surface area contributed by atoms with Gasteiger partial charge in [-0.3, -0.25) is 9.20 Å². The van der Waals surface area contributed by atoms with Crippen LogP contribution in [0.5, 0.6) is 0 Å². The van der Waals surface area contributed by atoms with E-state index in [1.165, 1.54) is 11.0 Å². The normalized spacial score (nSPS) is 12.2. The minimum absolute atomic E-state index is 0.240. The Balaban J connectivity index is 1.53. The molecule has 25 heavy (non-hydrogen) atoms. The molecule has 1 aromatic carbocycles. The van der Waals surface area contributed by atoms with Crippen LogP contribution in [0.15, 0.2) is 60.9 Å². The fourth-order valence-corrected chi connectivity index (χ4v) is 2.54. The van der Waals surface area contributed by atoms with E-state index in [9.17, 15) is 4.79 Å². The van der Waals surface area contributed by atoms with Gasteiger partial charge < -0.3 is 5.32 Å². The van der Waals surface area contributed by atoms with Crippen LogP contribution < -0.4 is 5.32 Å². The van der Waals surface area contributed by atoms with E-state index < -0.39 is 0 Å². The fourth-order valence-electron chi connectivity index (χ4n) is 2.54. The number of amides is 1. The molecule has 4 rings (SSSR count). The summed E-state index contributed by atoms with van der Waals surface area (Å²) >= 11 is 0. The molecule has 1 N–H and O–H groups in total. The molecule has 4 aromatic rings. The molecule has 1 atom stereocenters. The van der Waals surface area contributed by atoms with E-state index in [2.05, 4.69) is 25.7 Å². The smallest absolute Gasteiger partial charge is 0.274 e. The molecule has 8 nitrogen and oxygen atoms in total. The summed E-state index contributed by atoms with van der Waals surface area (Å²) in [5, 5.41) is 19.5. The Morgan fingerprint density at radius 1 is 1.08 bits per heavy atom. The predicted octanol–water partition coefficient (Wildman–Crippen LogP) is 1.80. The molecule has 0 spiro atoms. The first-order valence-electron chi connectivity index (χ1n) is 7.80. The zero-order chi connectivity index (χ0) is 17.2. The van der Waals surface area contributed by atoms with Crippen LogP contribution in [-0.2, 0) is 0 Å². The molecule has 0 saturated carbocycles. The highest BCUT2D eigenvalue weighted by atomic mass is 16.2. The summed E-state index contributed by atoms with van der Waals surface area (Å²) in [6, 6.07) is 14.7. The Bertz CT molecular complexity index is 1020. The van der Waals surface area contributed by atoms with Gasteiger partial charge in [0, 0.05) is 6.20 Å². The van der Waals surface area contributed by atoms with Crippen molar-refractivity contribution in [3.63, 3.8) is 0 Å². The largest absolute Gasteiger partial charge is 0.341 e. The standard InChI is InChI=1S/C17H15N7O/c1-12(16-21-20-15-9-5-6-10-23(15)16)19-17(25)14-11-18-24(22-14)13-7-3-2-4-8-13/h2-12H,1H3,(H,19,25). The van der Waals surface area contributed by atoms with Crippen LogP contribution in [0.4, 0.5) is 0 Å². The topological polar surface area (TPSA) is 90.0 Å². The first-order valence-corrected chi connectivity index (χ1v) is 7.80. The molecule has 0 fully saturated rings. The zero-order valence-electron chi connectivity index (χ0n) is 13.4. The van der Waals surface area contributed by atoms with Crippen molar-refractivity contribution >= 4 is 11.6 Å². The monoisotopic (exact) mass is 333 g/mol. The van der Waals surface area contributed by atoms with Crippen LogP contribution in [0.2, 0.25) is 0 Å². The number of rotatable bonds is 4. The number of benzene rings is 1. The summed E-state index contributed by atoms with van der Waals surface area (Å²) in [6.45, 7) is 1.85. The quantitative estimate of drug-likeness (QED) is 0.615. The summed E-state index contributed by atoms with van der Waals surface area (Å²) in [4.78, 5) is 13.9. The lowest BCUT2D eigenvalue weighted by molar-refractivity contribution is 0.0932. The molecule has 0 bridgehead atoms. The number of nitrogens with one attached hydrogen (secondary N) is 1. The Morgan fingerprint density at radius 2 is 1.88 bits per heavy atom. The molecule has 0 saturated heterocycles. The maximum Gasteiger partial charge on any atom is 0.274 e. The third kappa shape index (κ3) is 2.85. The molecule has 0 aliphatic heterocycles. The van der Waals surface area contributed by atoms with Crippen LogP contribution in [-0.4, -0.2) is 35.5 Å². The maximum absolute atomic E-state index is 12.4.